The SMILES string of the molecule is OCCCn1cc(CNCC2Cc3ccccc32)nn1. The summed E-state index contributed by atoms with van der Waals surface area (Å²) in [5.41, 5.74) is 3.91. The van der Waals surface area contributed by atoms with Gasteiger partial charge in [0.1, 0.15) is 0 Å². The molecule has 2 aromatic rings. The zero-order valence-corrected chi connectivity index (χ0v) is 11.5. The molecule has 0 saturated carbocycles. The molecule has 1 aromatic heterocycles. The average Bonchev–Trinajstić information content (AvgIpc) is 2.89. The summed E-state index contributed by atoms with van der Waals surface area (Å²) in [4.78, 5) is 0. The van der Waals surface area contributed by atoms with Crippen molar-refractivity contribution in [3.05, 3.63) is 47.3 Å². The Hall–Kier alpha value is -1.72. The highest BCUT2D eigenvalue weighted by Gasteiger charge is 2.24. The summed E-state index contributed by atoms with van der Waals surface area (Å²) in [6.45, 7) is 2.65. The van der Waals surface area contributed by atoms with Crippen molar-refractivity contribution >= 4 is 0 Å². The third-order valence-electron chi connectivity index (χ3n) is 3.79. The maximum Gasteiger partial charge on any atom is 0.0964 e. The molecule has 5 nitrogen and oxygen atoms in total. The van der Waals surface area contributed by atoms with Gasteiger partial charge in [-0.05, 0) is 24.0 Å². The molecule has 0 bridgehead atoms. The van der Waals surface area contributed by atoms with Crippen LogP contribution in [0.5, 0.6) is 0 Å². The first-order chi connectivity index (χ1) is 9.86. The van der Waals surface area contributed by atoms with E-state index in [1.165, 1.54) is 17.5 Å². The van der Waals surface area contributed by atoms with Gasteiger partial charge < -0.3 is 10.4 Å². The lowest BCUT2D eigenvalue weighted by Gasteiger charge is -2.30. The average molecular weight is 272 g/mol. The fraction of sp³-hybridized carbons (Fsp3) is 0.467. The number of fused-ring (bicyclic) bond motifs is 1. The molecule has 0 spiro atoms. The number of hydrogen-bond acceptors (Lipinski definition) is 4. The summed E-state index contributed by atoms with van der Waals surface area (Å²) in [6.07, 6.45) is 3.83. The maximum absolute atomic E-state index is 8.78. The summed E-state index contributed by atoms with van der Waals surface area (Å²) in [5, 5.41) is 20.4. The van der Waals surface area contributed by atoms with Crippen LogP contribution in [0, 0.1) is 0 Å². The van der Waals surface area contributed by atoms with Crippen LogP contribution in [0.1, 0.15) is 29.2 Å². The molecule has 0 aliphatic heterocycles. The molecule has 0 fully saturated rings. The quantitative estimate of drug-likeness (QED) is 0.792. The van der Waals surface area contributed by atoms with Crippen LogP contribution < -0.4 is 5.32 Å². The Morgan fingerprint density at radius 2 is 2.25 bits per heavy atom. The summed E-state index contributed by atoms with van der Waals surface area (Å²) < 4.78 is 1.78. The van der Waals surface area contributed by atoms with Gasteiger partial charge in [-0.25, -0.2) is 0 Å². The van der Waals surface area contributed by atoms with Crippen LogP contribution in [-0.2, 0) is 19.5 Å². The maximum atomic E-state index is 8.78. The third-order valence-corrected chi connectivity index (χ3v) is 3.79. The molecule has 3 rings (SSSR count). The lowest BCUT2D eigenvalue weighted by atomic mass is 9.77. The van der Waals surface area contributed by atoms with E-state index in [0.29, 0.717) is 5.92 Å². The van der Waals surface area contributed by atoms with Crippen molar-refractivity contribution < 1.29 is 5.11 Å². The minimum atomic E-state index is 0.189. The van der Waals surface area contributed by atoms with E-state index in [0.717, 1.165) is 31.7 Å². The normalized spacial score (nSPS) is 16.8. The van der Waals surface area contributed by atoms with Gasteiger partial charge in [0.05, 0.1) is 5.69 Å². The van der Waals surface area contributed by atoms with Crippen molar-refractivity contribution in [3.8, 4) is 0 Å². The van der Waals surface area contributed by atoms with E-state index in [1.54, 1.807) is 4.68 Å². The van der Waals surface area contributed by atoms with Crippen molar-refractivity contribution in [2.24, 2.45) is 0 Å². The lowest BCUT2D eigenvalue weighted by molar-refractivity contribution is 0.276. The topological polar surface area (TPSA) is 63.0 Å². The van der Waals surface area contributed by atoms with Gasteiger partial charge in [-0.1, -0.05) is 29.5 Å². The molecule has 0 amide bonds. The van der Waals surface area contributed by atoms with Crippen molar-refractivity contribution in [2.75, 3.05) is 13.2 Å². The molecular weight excluding hydrogens is 252 g/mol. The number of benzene rings is 1. The van der Waals surface area contributed by atoms with E-state index in [2.05, 4.69) is 39.9 Å². The number of nitrogens with one attached hydrogen (secondary N) is 1. The smallest absolute Gasteiger partial charge is 0.0964 e. The fourth-order valence-corrected chi connectivity index (χ4v) is 2.68. The third kappa shape index (κ3) is 2.89. The molecule has 5 heteroatoms. The Morgan fingerprint density at radius 3 is 3.10 bits per heavy atom. The summed E-state index contributed by atoms with van der Waals surface area (Å²) >= 11 is 0. The molecule has 1 aromatic carbocycles. The van der Waals surface area contributed by atoms with E-state index in [4.69, 9.17) is 5.11 Å². The predicted molar refractivity (Wildman–Crippen MR) is 76.3 cm³/mol. The van der Waals surface area contributed by atoms with E-state index in [1.807, 2.05) is 6.20 Å². The molecule has 1 aliphatic carbocycles. The molecule has 1 heterocycles. The zero-order chi connectivity index (χ0) is 13.8. The highest BCUT2D eigenvalue weighted by atomic mass is 16.3. The van der Waals surface area contributed by atoms with E-state index in [-0.39, 0.29) is 6.61 Å². The van der Waals surface area contributed by atoms with Crippen LogP contribution in [0.2, 0.25) is 0 Å². The number of nitrogens with zero attached hydrogens (tertiary/aromatic N) is 3. The highest BCUT2D eigenvalue weighted by Crippen LogP contribution is 2.33. The number of aromatic nitrogens is 3. The molecule has 2 N–H and O–H groups in total. The van der Waals surface area contributed by atoms with Gasteiger partial charge in [0.15, 0.2) is 0 Å². The summed E-state index contributed by atoms with van der Waals surface area (Å²) in [5.74, 6) is 0.635. The summed E-state index contributed by atoms with van der Waals surface area (Å²) in [6, 6.07) is 8.64. The van der Waals surface area contributed by atoms with Crippen molar-refractivity contribution in [3.63, 3.8) is 0 Å². The van der Waals surface area contributed by atoms with E-state index in [9.17, 15) is 0 Å². The number of rotatable bonds is 7. The van der Waals surface area contributed by atoms with Crippen LogP contribution >= 0.6 is 0 Å². The van der Waals surface area contributed by atoms with Gasteiger partial charge in [0, 0.05) is 38.4 Å². The Kier molecular flexibility index (Phi) is 4.08. The minimum absolute atomic E-state index is 0.189. The second-order valence-corrected chi connectivity index (χ2v) is 5.28. The van der Waals surface area contributed by atoms with Crippen molar-refractivity contribution in [1.29, 1.82) is 0 Å². The van der Waals surface area contributed by atoms with Crippen LogP contribution in [0.4, 0.5) is 0 Å². The molecule has 1 unspecified atom stereocenters. The van der Waals surface area contributed by atoms with Gasteiger partial charge in [0.2, 0.25) is 0 Å². The van der Waals surface area contributed by atoms with Gasteiger partial charge in [0.25, 0.3) is 0 Å². The first kappa shape index (κ1) is 13.3. The molecule has 0 saturated heterocycles. The predicted octanol–water partition coefficient (Wildman–Crippen LogP) is 1.09. The highest BCUT2D eigenvalue weighted by molar-refractivity contribution is 5.40. The molecule has 1 aliphatic rings. The Morgan fingerprint density at radius 1 is 1.35 bits per heavy atom. The van der Waals surface area contributed by atoms with Crippen LogP contribution in [0.3, 0.4) is 0 Å². The number of hydrogen-bond donors (Lipinski definition) is 2. The molecule has 20 heavy (non-hydrogen) atoms. The molecule has 1 atom stereocenters. The summed E-state index contributed by atoms with van der Waals surface area (Å²) in [7, 11) is 0. The minimum Gasteiger partial charge on any atom is -0.396 e. The second-order valence-electron chi connectivity index (χ2n) is 5.28. The number of aliphatic hydroxyl groups is 1. The first-order valence-corrected chi connectivity index (χ1v) is 7.15. The van der Waals surface area contributed by atoms with Gasteiger partial charge in [-0.3, -0.25) is 4.68 Å². The zero-order valence-electron chi connectivity index (χ0n) is 11.5. The van der Waals surface area contributed by atoms with Crippen LogP contribution in [0.25, 0.3) is 0 Å². The molecule has 0 radical (unpaired) electrons. The Labute approximate surface area is 118 Å². The monoisotopic (exact) mass is 272 g/mol. The van der Waals surface area contributed by atoms with Crippen molar-refractivity contribution in [2.45, 2.75) is 31.8 Å². The van der Waals surface area contributed by atoms with Crippen molar-refractivity contribution in [1.82, 2.24) is 20.3 Å². The molecular formula is C15H20N4O. The fourth-order valence-electron chi connectivity index (χ4n) is 2.68. The second kappa shape index (κ2) is 6.15. The van der Waals surface area contributed by atoms with Crippen LogP contribution in [-0.4, -0.2) is 33.3 Å². The van der Waals surface area contributed by atoms with E-state index < -0.39 is 0 Å². The van der Waals surface area contributed by atoms with Crippen LogP contribution in [0.15, 0.2) is 30.5 Å². The number of aliphatic hydroxyl groups excluding tert-OH is 1. The largest absolute Gasteiger partial charge is 0.396 e. The lowest BCUT2D eigenvalue weighted by Crippen LogP contribution is -2.28. The van der Waals surface area contributed by atoms with E-state index >= 15 is 0 Å². The number of aryl methyl sites for hydroxylation is 1. The Balaban J connectivity index is 1.43. The standard InChI is InChI=1S/C15H20N4O/c20-7-3-6-19-11-14(17-18-19)10-16-9-13-8-12-4-1-2-5-15(12)13/h1-2,4-5,11,13,16,20H,3,6-10H2. The van der Waals surface area contributed by atoms with Gasteiger partial charge in [-0.2, -0.15) is 0 Å². The Bertz CT molecular complexity index is 567. The molecule has 106 valence electrons. The first-order valence-electron chi connectivity index (χ1n) is 7.15. The van der Waals surface area contributed by atoms with Gasteiger partial charge in [-0.15, -0.1) is 5.10 Å². The van der Waals surface area contributed by atoms with Gasteiger partial charge >= 0.3 is 0 Å².